The predicted molar refractivity (Wildman–Crippen MR) is 157 cm³/mol. The summed E-state index contributed by atoms with van der Waals surface area (Å²) in [6.45, 7) is 3.70. The van der Waals surface area contributed by atoms with Crippen molar-refractivity contribution in [3.8, 4) is 5.69 Å². The van der Waals surface area contributed by atoms with Crippen molar-refractivity contribution < 1.29 is 24.3 Å². The number of rotatable bonds is 5. The Labute approximate surface area is 244 Å². The number of aryl methyl sites for hydroxylation is 1. The van der Waals surface area contributed by atoms with Crippen molar-refractivity contribution in [3.05, 3.63) is 88.2 Å². The van der Waals surface area contributed by atoms with E-state index < -0.39 is 23.8 Å². The lowest BCUT2D eigenvalue weighted by molar-refractivity contribution is -0.122. The molecule has 1 aliphatic heterocycles. The number of aromatic nitrogens is 1. The van der Waals surface area contributed by atoms with Crippen molar-refractivity contribution in [2.75, 3.05) is 4.90 Å². The maximum Gasteiger partial charge on any atom is 0.335 e. The Balaban J connectivity index is 1.19. The van der Waals surface area contributed by atoms with E-state index in [1.807, 2.05) is 36.6 Å². The highest BCUT2D eigenvalue weighted by Gasteiger charge is 2.51. The summed E-state index contributed by atoms with van der Waals surface area (Å²) in [5.74, 6) is -0.0126. The summed E-state index contributed by atoms with van der Waals surface area (Å²) >= 11 is 0. The molecule has 3 aromatic rings. The van der Waals surface area contributed by atoms with Crippen molar-refractivity contribution in [2.24, 2.45) is 17.8 Å². The molecule has 0 spiro atoms. The molecule has 42 heavy (non-hydrogen) atoms. The van der Waals surface area contributed by atoms with E-state index in [-0.39, 0.29) is 16.6 Å². The standard InChI is InChI=1S/C34H33N3O5/c1-19-10-25(20(2)36(19)28-5-3-4-24(14-28)32(40)41)15-29-30(38)35-33(42)37(31(29)39)27-8-6-26(7-9-27)34-16-21-11-22(17-34)13-23(12-21)18-34/h3-10,14-15,21-23H,11-13,16-18H2,1-2H3,(H,40,41)(H,35,38,42)/b29-15+. The van der Waals surface area contributed by atoms with Crippen LogP contribution in [0.1, 0.15) is 71.4 Å². The summed E-state index contributed by atoms with van der Waals surface area (Å²) in [4.78, 5) is 52.0. The first kappa shape index (κ1) is 26.4. The average Bonchev–Trinajstić information content (AvgIpc) is 3.22. The SMILES string of the molecule is Cc1cc(/C=C2\C(=O)NC(=O)N(c3ccc(C45CC6CC(CC(C6)C4)C5)cc3)C2=O)c(C)n1-c1cccc(C(=O)O)c1. The summed E-state index contributed by atoms with van der Waals surface area (Å²) in [6, 6.07) is 15.4. The lowest BCUT2D eigenvalue weighted by Gasteiger charge is -2.57. The molecule has 8 nitrogen and oxygen atoms in total. The Hall–Kier alpha value is -4.46. The molecule has 2 N–H and O–H groups in total. The molecule has 8 rings (SSSR count). The van der Waals surface area contributed by atoms with Gasteiger partial charge in [0.15, 0.2) is 0 Å². The number of nitrogens with one attached hydrogen (secondary N) is 1. The van der Waals surface area contributed by atoms with Crippen LogP contribution in [0.25, 0.3) is 11.8 Å². The molecule has 0 radical (unpaired) electrons. The normalized spacial score (nSPS) is 27.6. The number of barbiturate groups is 1. The number of amides is 4. The molecule has 0 unspecified atom stereocenters. The van der Waals surface area contributed by atoms with Crippen molar-refractivity contribution in [2.45, 2.75) is 57.8 Å². The predicted octanol–water partition coefficient (Wildman–Crippen LogP) is 5.93. The van der Waals surface area contributed by atoms with E-state index in [2.05, 4.69) is 17.4 Å². The van der Waals surface area contributed by atoms with Gasteiger partial charge in [-0.25, -0.2) is 14.5 Å². The van der Waals surface area contributed by atoms with Crippen LogP contribution in [0.15, 0.2) is 60.2 Å². The molecule has 5 fully saturated rings. The third kappa shape index (κ3) is 4.19. The quantitative estimate of drug-likeness (QED) is 0.296. The van der Waals surface area contributed by atoms with Gasteiger partial charge in [0.1, 0.15) is 5.57 Å². The molecule has 5 aliphatic rings. The molecule has 8 heteroatoms. The highest BCUT2D eigenvalue weighted by Crippen LogP contribution is 2.60. The second-order valence-electron chi connectivity index (χ2n) is 12.7. The minimum atomic E-state index is -1.03. The number of carbonyl (C=O) groups is 4. The summed E-state index contributed by atoms with van der Waals surface area (Å²) in [6.07, 6.45) is 9.26. The van der Waals surface area contributed by atoms with Crippen LogP contribution in [0.2, 0.25) is 0 Å². The van der Waals surface area contributed by atoms with Crippen LogP contribution in [0, 0.1) is 31.6 Å². The fourth-order valence-electron chi connectivity index (χ4n) is 8.58. The maximum atomic E-state index is 13.7. The summed E-state index contributed by atoms with van der Waals surface area (Å²) in [5, 5.41) is 11.7. The minimum Gasteiger partial charge on any atom is -0.478 e. The molecular weight excluding hydrogens is 530 g/mol. The number of imide groups is 2. The maximum absolute atomic E-state index is 13.7. The lowest BCUT2D eigenvalue weighted by Crippen LogP contribution is -2.54. The van der Waals surface area contributed by atoms with Crippen molar-refractivity contribution in [3.63, 3.8) is 0 Å². The van der Waals surface area contributed by atoms with Gasteiger partial charge in [0.05, 0.1) is 11.3 Å². The summed E-state index contributed by atoms with van der Waals surface area (Å²) in [7, 11) is 0. The van der Waals surface area contributed by atoms with Crippen LogP contribution >= 0.6 is 0 Å². The van der Waals surface area contributed by atoms with E-state index in [0.29, 0.717) is 16.9 Å². The van der Waals surface area contributed by atoms with Crippen LogP contribution < -0.4 is 10.2 Å². The van der Waals surface area contributed by atoms with E-state index in [0.717, 1.165) is 34.0 Å². The largest absolute Gasteiger partial charge is 0.478 e. The molecule has 214 valence electrons. The van der Waals surface area contributed by atoms with Crippen LogP contribution in [0.4, 0.5) is 10.5 Å². The van der Waals surface area contributed by atoms with Gasteiger partial charge in [-0.3, -0.25) is 14.9 Å². The van der Waals surface area contributed by atoms with Crippen molar-refractivity contribution >= 4 is 35.6 Å². The van der Waals surface area contributed by atoms with Gasteiger partial charge in [0, 0.05) is 17.1 Å². The van der Waals surface area contributed by atoms with Gasteiger partial charge in [0.25, 0.3) is 11.8 Å². The number of nitrogens with zero attached hydrogens (tertiary/aromatic N) is 2. The molecule has 4 amide bonds. The lowest BCUT2D eigenvalue weighted by atomic mass is 9.48. The molecule has 2 aromatic carbocycles. The Kier molecular flexibility index (Phi) is 6.01. The Morgan fingerprint density at radius 2 is 1.55 bits per heavy atom. The number of benzene rings is 2. The number of hydrogen-bond acceptors (Lipinski definition) is 4. The van der Waals surface area contributed by atoms with Gasteiger partial charge < -0.3 is 9.67 Å². The average molecular weight is 564 g/mol. The minimum absolute atomic E-state index is 0.140. The van der Waals surface area contributed by atoms with Crippen LogP contribution in [-0.4, -0.2) is 33.5 Å². The molecular formula is C34H33N3O5. The molecule has 2 heterocycles. The Bertz CT molecular complexity index is 1660. The second-order valence-corrected chi connectivity index (χ2v) is 12.7. The summed E-state index contributed by atoms with van der Waals surface area (Å²) < 4.78 is 1.87. The van der Waals surface area contributed by atoms with E-state index in [1.54, 1.807) is 18.2 Å². The first-order valence-electron chi connectivity index (χ1n) is 14.7. The van der Waals surface area contributed by atoms with E-state index >= 15 is 0 Å². The molecule has 4 bridgehead atoms. The molecule has 1 aromatic heterocycles. The Morgan fingerprint density at radius 3 is 2.17 bits per heavy atom. The zero-order valence-corrected chi connectivity index (χ0v) is 23.7. The van der Waals surface area contributed by atoms with Gasteiger partial charge in [-0.2, -0.15) is 0 Å². The number of carboxylic acids is 1. The third-order valence-corrected chi connectivity index (χ3v) is 10.00. The highest BCUT2D eigenvalue weighted by molar-refractivity contribution is 6.39. The number of carbonyl (C=O) groups excluding carboxylic acids is 3. The van der Waals surface area contributed by atoms with Gasteiger partial charge in [0.2, 0.25) is 0 Å². The smallest absolute Gasteiger partial charge is 0.335 e. The molecule has 1 saturated heterocycles. The van der Waals surface area contributed by atoms with Crippen LogP contribution in [0.5, 0.6) is 0 Å². The number of carboxylic acid groups (broad SMARTS) is 1. The highest BCUT2D eigenvalue weighted by atomic mass is 16.4. The van der Waals surface area contributed by atoms with Crippen molar-refractivity contribution in [1.29, 1.82) is 0 Å². The van der Waals surface area contributed by atoms with Crippen LogP contribution in [-0.2, 0) is 15.0 Å². The monoisotopic (exact) mass is 563 g/mol. The fraction of sp³-hybridized carbons (Fsp3) is 0.353. The van der Waals surface area contributed by atoms with E-state index in [9.17, 15) is 24.3 Å². The zero-order valence-electron chi connectivity index (χ0n) is 23.7. The number of urea groups is 1. The van der Waals surface area contributed by atoms with Gasteiger partial charge >= 0.3 is 12.0 Å². The van der Waals surface area contributed by atoms with Crippen LogP contribution in [0.3, 0.4) is 0 Å². The topological polar surface area (TPSA) is 109 Å². The van der Waals surface area contributed by atoms with Gasteiger partial charge in [-0.1, -0.05) is 18.2 Å². The fourth-order valence-corrected chi connectivity index (χ4v) is 8.58. The number of anilines is 1. The molecule has 0 atom stereocenters. The number of hydrogen-bond donors (Lipinski definition) is 2. The first-order valence-corrected chi connectivity index (χ1v) is 14.7. The molecule has 4 aliphatic carbocycles. The molecule has 4 saturated carbocycles. The first-order chi connectivity index (χ1) is 20.1. The van der Waals surface area contributed by atoms with E-state index in [1.165, 1.54) is 56.2 Å². The zero-order chi connectivity index (χ0) is 29.3. The third-order valence-electron chi connectivity index (χ3n) is 10.00. The Morgan fingerprint density at radius 1 is 0.905 bits per heavy atom. The number of aromatic carboxylic acids is 1. The van der Waals surface area contributed by atoms with Gasteiger partial charge in [-0.05, 0) is 129 Å². The van der Waals surface area contributed by atoms with Gasteiger partial charge in [-0.15, -0.1) is 0 Å². The van der Waals surface area contributed by atoms with Crippen molar-refractivity contribution in [1.82, 2.24) is 9.88 Å². The van der Waals surface area contributed by atoms with E-state index in [4.69, 9.17) is 0 Å². The summed E-state index contributed by atoms with van der Waals surface area (Å²) in [5.41, 5.74) is 4.76. The second kappa shape index (κ2) is 9.54.